The first-order valence-electron chi connectivity index (χ1n) is 10.8. The molecular weight excluding hydrogens is 420 g/mol. The number of nitrogens with zero attached hydrogens (tertiary/aromatic N) is 2. The summed E-state index contributed by atoms with van der Waals surface area (Å²) in [4.78, 5) is 39.3. The molecule has 8 nitrogen and oxygen atoms in total. The Morgan fingerprint density at radius 2 is 1.82 bits per heavy atom. The minimum Gasteiger partial charge on any atom is -0.443 e. The van der Waals surface area contributed by atoms with Gasteiger partial charge in [0.1, 0.15) is 11.6 Å². The number of hydrazine groups is 1. The summed E-state index contributed by atoms with van der Waals surface area (Å²) in [5.74, 6) is -0.837. The number of fused-ring (bicyclic) bond motifs is 1. The van der Waals surface area contributed by atoms with Gasteiger partial charge >= 0.3 is 6.09 Å². The number of allylic oxidation sites excluding steroid dienone is 2. The summed E-state index contributed by atoms with van der Waals surface area (Å²) in [6.07, 6.45) is 11.3. The molecule has 174 valence electrons. The van der Waals surface area contributed by atoms with Gasteiger partial charge in [-0.3, -0.25) is 25.0 Å². The van der Waals surface area contributed by atoms with E-state index in [1.807, 2.05) is 55.3 Å². The van der Waals surface area contributed by atoms with Crippen LogP contribution >= 0.6 is 0 Å². The number of rotatable bonds is 4. The molecule has 2 aromatic rings. The average Bonchev–Trinajstić information content (AvgIpc) is 3.14. The maximum Gasteiger partial charge on any atom is 0.419 e. The number of carbonyl (C=O) groups excluding carboxylic acids is 3. The van der Waals surface area contributed by atoms with Crippen molar-refractivity contribution in [1.82, 2.24) is 20.3 Å². The van der Waals surface area contributed by atoms with E-state index in [-0.39, 0.29) is 11.9 Å². The number of amides is 2. The number of hydrogen-bond acceptors (Lipinski definition) is 5. The monoisotopic (exact) mass is 450 g/mol. The maximum absolute atomic E-state index is 12.6. The third kappa shape index (κ3) is 5.91. The molecule has 1 aromatic heterocycles. The van der Waals surface area contributed by atoms with Crippen LogP contribution in [-0.2, 0) is 14.3 Å². The van der Waals surface area contributed by atoms with E-state index in [4.69, 9.17) is 4.74 Å². The van der Waals surface area contributed by atoms with Gasteiger partial charge in [-0.25, -0.2) is 4.79 Å². The first-order chi connectivity index (χ1) is 15.6. The molecule has 0 spiro atoms. The lowest BCUT2D eigenvalue weighted by Crippen LogP contribution is -2.52. The summed E-state index contributed by atoms with van der Waals surface area (Å²) in [5, 5.41) is 0.795. The Labute approximate surface area is 193 Å². The van der Waals surface area contributed by atoms with E-state index in [0.29, 0.717) is 11.1 Å². The van der Waals surface area contributed by atoms with Crippen molar-refractivity contribution in [2.75, 3.05) is 0 Å². The lowest BCUT2D eigenvalue weighted by molar-refractivity contribution is -0.129. The first-order valence-corrected chi connectivity index (χ1v) is 10.8. The quantitative estimate of drug-likeness (QED) is 0.547. The van der Waals surface area contributed by atoms with Crippen molar-refractivity contribution in [2.24, 2.45) is 0 Å². The standard InChI is InChI=1S/C25H30N4O4/c1-17(2)28-15-9-8-12-21(28)23(31)27-26-22(30)14-13-18-16-29(24(32)33-25(3,4)5)20-11-7-6-10-19(18)20/h6-17,21H,1-5H3,(H,26,30)(H,27,31). The summed E-state index contributed by atoms with van der Waals surface area (Å²) in [6.45, 7) is 9.37. The number of aromatic nitrogens is 1. The smallest absolute Gasteiger partial charge is 0.419 e. The third-order valence-electron chi connectivity index (χ3n) is 4.90. The van der Waals surface area contributed by atoms with Crippen molar-refractivity contribution in [3.63, 3.8) is 0 Å². The van der Waals surface area contributed by atoms with Crippen molar-refractivity contribution < 1.29 is 19.1 Å². The van der Waals surface area contributed by atoms with Crippen LogP contribution in [0.1, 0.15) is 40.2 Å². The predicted molar refractivity (Wildman–Crippen MR) is 128 cm³/mol. The molecule has 1 aliphatic heterocycles. The molecule has 0 fully saturated rings. The van der Waals surface area contributed by atoms with Crippen molar-refractivity contribution in [3.05, 3.63) is 66.5 Å². The van der Waals surface area contributed by atoms with Crippen LogP contribution in [0.3, 0.4) is 0 Å². The molecule has 0 bridgehead atoms. The number of nitrogens with one attached hydrogen (secondary N) is 2. The van der Waals surface area contributed by atoms with E-state index in [2.05, 4.69) is 10.9 Å². The van der Waals surface area contributed by atoms with Gasteiger partial charge in [0.2, 0.25) is 0 Å². The molecule has 2 amide bonds. The summed E-state index contributed by atoms with van der Waals surface area (Å²) in [7, 11) is 0. The summed E-state index contributed by atoms with van der Waals surface area (Å²) in [6, 6.07) is 6.97. The highest BCUT2D eigenvalue weighted by Gasteiger charge is 2.24. The number of para-hydroxylation sites is 1. The Balaban J connectivity index is 1.69. The zero-order valence-electron chi connectivity index (χ0n) is 19.5. The molecule has 2 heterocycles. The summed E-state index contributed by atoms with van der Waals surface area (Å²) < 4.78 is 6.90. The van der Waals surface area contributed by atoms with Crippen molar-refractivity contribution in [1.29, 1.82) is 0 Å². The molecule has 3 rings (SSSR count). The van der Waals surface area contributed by atoms with Gasteiger partial charge in [-0.2, -0.15) is 0 Å². The number of carbonyl (C=O) groups is 3. The van der Waals surface area contributed by atoms with Crippen LogP contribution in [0.25, 0.3) is 17.0 Å². The molecule has 1 aliphatic rings. The van der Waals surface area contributed by atoms with Gasteiger partial charge in [-0.1, -0.05) is 30.4 Å². The van der Waals surface area contributed by atoms with Gasteiger partial charge in [0.25, 0.3) is 11.8 Å². The molecule has 2 N–H and O–H groups in total. The third-order valence-corrected chi connectivity index (χ3v) is 4.90. The first kappa shape index (κ1) is 23.8. The van der Waals surface area contributed by atoms with Crippen LogP contribution in [0.2, 0.25) is 0 Å². The van der Waals surface area contributed by atoms with E-state index in [9.17, 15) is 14.4 Å². The summed E-state index contributed by atoms with van der Waals surface area (Å²) >= 11 is 0. The number of ether oxygens (including phenoxy) is 1. The Hall–Kier alpha value is -3.81. The lowest BCUT2D eigenvalue weighted by atomic mass is 10.1. The zero-order valence-corrected chi connectivity index (χ0v) is 19.5. The molecule has 0 radical (unpaired) electrons. The van der Waals surface area contributed by atoms with E-state index in [0.717, 1.165) is 5.39 Å². The van der Waals surface area contributed by atoms with E-state index < -0.39 is 23.6 Å². The second-order valence-corrected chi connectivity index (χ2v) is 8.98. The minimum absolute atomic E-state index is 0.125. The predicted octanol–water partition coefficient (Wildman–Crippen LogP) is 3.75. The van der Waals surface area contributed by atoms with Crippen LogP contribution < -0.4 is 10.9 Å². The Kier molecular flexibility index (Phi) is 7.06. The Morgan fingerprint density at radius 1 is 1.09 bits per heavy atom. The van der Waals surface area contributed by atoms with Crippen LogP contribution in [-0.4, -0.2) is 45.1 Å². The number of benzene rings is 1. The fraction of sp³-hybridized carbons (Fsp3) is 0.320. The highest BCUT2D eigenvalue weighted by Crippen LogP contribution is 2.24. The van der Waals surface area contributed by atoms with E-state index in [1.165, 1.54) is 10.6 Å². The second-order valence-electron chi connectivity index (χ2n) is 8.98. The van der Waals surface area contributed by atoms with Crippen LogP contribution in [0.15, 0.2) is 61.0 Å². The van der Waals surface area contributed by atoms with Crippen LogP contribution in [0, 0.1) is 0 Å². The molecule has 1 aromatic carbocycles. The SMILES string of the molecule is CC(C)N1C=CC=CC1C(=O)NNC(=O)C=Cc1cn(C(=O)OC(C)(C)C)c2ccccc12. The zero-order chi connectivity index (χ0) is 24.2. The molecule has 1 unspecified atom stereocenters. The molecule has 0 saturated carbocycles. The van der Waals surface area contributed by atoms with Crippen LogP contribution in [0.5, 0.6) is 0 Å². The average molecular weight is 451 g/mol. The highest BCUT2D eigenvalue weighted by atomic mass is 16.6. The normalized spacial score (nSPS) is 15.9. The topological polar surface area (TPSA) is 92.7 Å². The minimum atomic E-state index is -0.634. The highest BCUT2D eigenvalue weighted by molar-refractivity contribution is 5.99. The van der Waals surface area contributed by atoms with Crippen molar-refractivity contribution >= 4 is 34.9 Å². The largest absolute Gasteiger partial charge is 0.443 e. The fourth-order valence-electron chi connectivity index (χ4n) is 3.43. The van der Waals surface area contributed by atoms with Gasteiger partial charge in [-0.15, -0.1) is 0 Å². The van der Waals surface area contributed by atoms with Gasteiger partial charge in [0, 0.05) is 35.5 Å². The molecule has 0 aliphatic carbocycles. The van der Waals surface area contributed by atoms with Gasteiger partial charge in [-0.05, 0) is 52.8 Å². The van der Waals surface area contributed by atoms with Gasteiger partial charge in [0.15, 0.2) is 0 Å². The van der Waals surface area contributed by atoms with Crippen molar-refractivity contribution in [2.45, 2.75) is 52.3 Å². The molecule has 8 heteroatoms. The molecular formula is C25H30N4O4. The van der Waals surface area contributed by atoms with Crippen molar-refractivity contribution in [3.8, 4) is 0 Å². The Bertz CT molecular complexity index is 1130. The lowest BCUT2D eigenvalue weighted by Gasteiger charge is -2.32. The molecule has 33 heavy (non-hydrogen) atoms. The number of hydrogen-bond donors (Lipinski definition) is 2. The van der Waals surface area contributed by atoms with E-state index in [1.54, 1.807) is 45.2 Å². The van der Waals surface area contributed by atoms with Gasteiger partial charge < -0.3 is 9.64 Å². The van der Waals surface area contributed by atoms with E-state index >= 15 is 0 Å². The van der Waals surface area contributed by atoms with Gasteiger partial charge in [0.05, 0.1) is 5.52 Å². The fourth-order valence-corrected chi connectivity index (χ4v) is 3.43. The molecule has 1 atom stereocenters. The van der Waals surface area contributed by atoms with Crippen LogP contribution in [0.4, 0.5) is 4.79 Å². The maximum atomic E-state index is 12.6. The molecule has 0 saturated heterocycles. The second kappa shape index (κ2) is 9.77. The Morgan fingerprint density at radius 3 is 2.52 bits per heavy atom. The summed E-state index contributed by atoms with van der Waals surface area (Å²) in [5.41, 5.74) is 5.58.